The lowest BCUT2D eigenvalue weighted by molar-refractivity contribution is -0.118. The summed E-state index contributed by atoms with van der Waals surface area (Å²) in [5.74, 6) is 0.182. The summed E-state index contributed by atoms with van der Waals surface area (Å²) in [6.07, 6.45) is 1.48. The Labute approximate surface area is 150 Å². The van der Waals surface area contributed by atoms with Crippen molar-refractivity contribution < 1.29 is 18.3 Å². The smallest absolute Gasteiger partial charge is 0.387 e. The third-order valence-electron chi connectivity index (χ3n) is 3.19. The van der Waals surface area contributed by atoms with Crippen molar-refractivity contribution in [2.75, 3.05) is 5.75 Å². The van der Waals surface area contributed by atoms with Crippen LogP contribution in [0.4, 0.5) is 8.78 Å². The van der Waals surface area contributed by atoms with Gasteiger partial charge < -0.3 is 10.1 Å². The molecule has 0 aliphatic rings. The van der Waals surface area contributed by atoms with Crippen molar-refractivity contribution in [1.29, 1.82) is 0 Å². The fraction of sp³-hybridized carbons (Fsp3) is 0.188. The van der Waals surface area contributed by atoms with Gasteiger partial charge in [-0.2, -0.15) is 8.78 Å². The summed E-state index contributed by atoms with van der Waals surface area (Å²) in [5, 5.41) is 5.50. The maximum absolute atomic E-state index is 12.1. The fourth-order valence-corrected chi connectivity index (χ4v) is 3.82. The van der Waals surface area contributed by atoms with Crippen molar-refractivity contribution in [1.82, 2.24) is 15.3 Å². The van der Waals surface area contributed by atoms with Crippen LogP contribution in [0.1, 0.15) is 5.56 Å². The lowest BCUT2D eigenvalue weighted by atomic mass is 10.2. The number of thiophene rings is 1. The average Bonchev–Trinajstić information content (AvgIpc) is 3.08. The number of halogens is 2. The Bertz CT molecular complexity index is 856. The van der Waals surface area contributed by atoms with Crippen LogP contribution in [0, 0.1) is 0 Å². The Morgan fingerprint density at radius 1 is 1.24 bits per heavy atom. The molecule has 0 saturated heterocycles. The van der Waals surface area contributed by atoms with Gasteiger partial charge in [-0.25, -0.2) is 9.97 Å². The molecule has 0 unspecified atom stereocenters. The van der Waals surface area contributed by atoms with Gasteiger partial charge in [0.25, 0.3) is 0 Å². The fourth-order valence-electron chi connectivity index (χ4n) is 2.04. The Morgan fingerprint density at radius 3 is 2.80 bits per heavy atom. The maximum atomic E-state index is 12.1. The molecule has 2 aromatic heterocycles. The number of hydrogen-bond acceptors (Lipinski definition) is 6. The number of aromatic nitrogens is 2. The number of alkyl halides is 2. The normalized spacial score (nSPS) is 11.0. The number of nitrogens with one attached hydrogen (secondary N) is 1. The standard InChI is InChI=1S/C16H13F2N3O2S2/c17-16(18)23-11-3-1-10(2-4-11)7-19-13(22)8-25-15-14-12(5-6-24-14)20-9-21-15/h1-6,9,16H,7-8H2,(H,19,22). The van der Waals surface area contributed by atoms with Gasteiger partial charge >= 0.3 is 6.61 Å². The molecule has 130 valence electrons. The monoisotopic (exact) mass is 381 g/mol. The lowest BCUT2D eigenvalue weighted by Crippen LogP contribution is -2.24. The predicted molar refractivity (Wildman–Crippen MR) is 93.1 cm³/mol. The van der Waals surface area contributed by atoms with Crippen LogP contribution in [-0.4, -0.2) is 28.2 Å². The van der Waals surface area contributed by atoms with Crippen LogP contribution in [0.15, 0.2) is 47.1 Å². The Hall–Kier alpha value is -2.26. The molecule has 5 nitrogen and oxygen atoms in total. The molecule has 0 aliphatic carbocycles. The first-order valence-corrected chi connectivity index (χ1v) is 9.10. The van der Waals surface area contributed by atoms with Crippen molar-refractivity contribution in [3.8, 4) is 5.75 Å². The first kappa shape index (κ1) is 17.6. The van der Waals surface area contributed by atoms with Gasteiger partial charge in [-0.1, -0.05) is 23.9 Å². The van der Waals surface area contributed by atoms with Gasteiger partial charge in [-0.05, 0) is 29.1 Å². The summed E-state index contributed by atoms with van der Waals surface area (Å²) >= 11 is 2.89. The van der Waals surface area contributed by atoms with Gasteiger partial charge in [-0.15, -0.1) is 11.3 Å². The molecule has 0 aliphatic heterocycles. The zero-order chi connectivity index (χ0) is 17.6. The summed E-state index contributed by atoms with van der Waals surface area (Å²) in [4.78, 5) is 20.3. The number of thioether (sulfide) groups is 1. The topological polar surface area (TPSA) is 64.1 Å². The minimum atomic E-state index is -2.85. The zero-order valence-electron chi connectivity index (χ0n) is 12.8. The van der Waals surface area contributed by atoms with Crippen molar-refractivity contribution in [2.45, 2.75) is 18.2 Å². The summed E-state index contributed by atoms with van der Waals surface area (Å²) in [7, 11) is 0. The molecular weight excluding hydrogens is 368 g/mol. The number of carbonyl (C=O) groups is 1. The number of ether oxygens (including phenoxy) is 1. The van der Waals surface area contributed by atoms with E-state index in [4.69, 9.17) is 0 Å². The first-order chi connectivity index (χ1) is 12.1. The van der Waals surface area contributed by atoms with Crippen molar-refractivity contribution in [3.05, 3.63) is 47.6 Å². The molecule has 2 heterocycles. The second-order valence-electron chi connectivity index (χ2n) is 4.90. The van der Waals surface area contributed by atoms with Crippen LogP contribution in [0.3, 0.4) is 0 Å². The Kier molecular flexibility index (Phi) is 5.77. The van der Waals surface area contributed by atoms with E-state index in [0.717, 1.165) is 20.8 Å². The van der Waals surface area contributed by atoms with E-state index < -0.39 is 6.61 Å². The molecule has 25 heavy (non-hydrogen) atoms. The number of hydrogen-bond donors (Lipinski definition) is 1. The maximum Gasteiger partial charge on any atom is 0.387 e. The van der Waals surface area contributed by atoms with E-state index in [2.05, 4.69) is 20.0 Å². The predicted octanol–water partition coefficient (Wildman–Crippen LogP) is 3.70. The molecule has 1 aromatic carbocycles. The molecule has 0 atom stereocenters. The molecule has 0 bridgehead atoms. The first-order valence-electron chi connectivity index (χ1n) is 7.23. The van der Waals surface area contributed by atoms with E-state index in [-0.39, 0.29) is 17.4 Å². The van der Waals surface area contributed by atoms with Crippen LogP contribution in [-0.2, 0) is 11.3 Å². The molecule has 1 amide bonds. The highest BCUT2D eigenvalue weighted by atomic mass is 32.2. The second-order valence-corrected chi connectivity index (χ2v) is 6.78. The largest absolute Gasteiger partial charge is 0.435 e. The molecule has 0 spiro atoms. The minimum absolute atomic E-state index is 0.0874. The van der Waals surface area contributed by atoms with Crippen molar-refractivity contribution in [3.63, 3.8) is 0 Å². The van der Waals surface area contributed by atoms with Gasteiger partial charge in [0.05, 0.1) is 16.0 Å². The van der Waals surface area contributed by atoms with E-state index in [1.54, 1.807) is 12.1 Å². The van der Waals surface area contributed by atoms with Crippen LogP contribution in [0.2, 0.25) is 0 Å². The van der Waals surface area contributed by atoms with E-state index >= 15 is 0 Å². The van der Waals surface area contributed by atoms with E-state index in [1.165, 1.54) is 41.6 Å². The molecular formula is C16H13F2N3O2S2. The average molecular weight is 381 g/mol. The summed E-state index contributed by atoms with van der Waals surface area (Å²) < 4.78 is 29.4. The molecule has 1 N–H and O–H groups in total. The Morgan fingerprint density at radius 2 is 2.04 bits per heavy atom. The second kappa shape index (κ2) is 8.21. The number of rotatable bonds is 7. The van der Waals surface area contributed by atoms with Gasteiger partial charge in [0.15, 0.2) is 0 Å². The van der Waals surface area contributed by atoms with Crippen LogP contribution in [0.25, 0.3) is 10.2 Å². The number of fused-ring (bicyclic) bond motifs is 1. The van der Waals surface area contributed by atoms with Crippen LogP contribution < -0.4 is 10.1 Å². The highest BCUT2D eigenvalue weighted by molar-refractivity contribution is 8.00. The SMILES string of the molecule is O=C(CSc1ncnc2ccsc12)NCc1ccc(OC(F)F)cc1. The number of benzene rings is 1. The molecule has 3 aromatic rings. The van der Waals surface area contributed by atoms with E-state index in [1.807, 2.05) is 11.4 Å². The van der Waals surface area contributed by atoms with E-state index in [0.29, 0.717) is 6.54 Å². The van der Waals surface area contributed by atoms with Gasteiger partial charge in [0, 0.05) is 6.54 Å². The zero-order valence-corrected chi connectivity index (χ0v) is 14.4. The quantitative estimate of drug-likeness (QED) is 0.499. The van der Waals surface area contributed by atoms with Gasteiger partial charge in [0.2, 0.25) is 5.91 Å². The molecule has 0 saturated carbocycles. The van der Waals surface area contributed by atoms with Gasteiger partial charge in [0.1, 0.15) is 17.1 Å². The molecule has 9 heteroatoms. The highest BCUT2D eigenvalue weighted by Gasteiger charge is 2.09. The van der Waals surface area contributed by atoms with E-state index in [9.17, 15) is 13.6 Å². The molecule has 3 rings (SSSR count). The summed E-state index contributed by atoms with van der Waals surface area (Å²) in [6.45, 7) is -2.54. The number of carbonyl (C=O) groups excluding carboxylic acids is 1. The highest BCUT2D eigenvalue weighted by Crippen LogP contribution is 2.28. The van der Waals surface area contributed by atoms with Crippen molar-refractivity contribution in [2.24, 2.45) is 0 Å². The third kappa shape index (κ3) is 4.86. The van der Waals surface area contributed by atoms with Crippen molar-refractivity contribution >= 4 is 39.2 Å². The number of amides is 1. The lowest BCUT2D eigenvalue weighted by Gasteiger charge is -2.07. The summed E-state index contributed by atoms with van der Waals surface area (Å²) in [5.41, 5.74) is 1.66. The molecule has 0 fully saturated rings. The summed E-state index contributed by atoms with van der Waals surface area (Å²) in [6, 6.07) is 8.05. The minimum Gasteiger partial charge on any atom is -0.435 e. The number of nitrogens with zero attached hydrogens (tertiary/aromatic N) is 2. The van der Waals surface area contributed by atoms with Crippen LogP contribution in [0.5, 0.6) is 5.75 Å². The van der Waals surface area contributed by atoms with Crippen LogP contribution >= 0.6 is 23.1 Å². The molecule has 0 radical (unpaired) electrons. The Balaban J connectivity index is 1.49. The van der Waals surface area contributed by atoms with Gasteiger partial charge in [-0.3, -0.25) is 4.79 Å². The third-order valence-corrected chi connectivity index (χ3v) is 5.22.